The van der Waals surface area contributed by atoms with Crippen LogP contribution in [0.2, 0.25) is 0 Å². The van der Waals surface area contributed by atoms with Crippen molar-refractivity contribution in [1.29, 1.82) is 0 Å². The van der Waals surface area contributed by atoms with Crippen LogP contribution < -0.4 is 5.32 Å². The quantitative estimate of drug-likeness (QED) is 0.818. The third-order valence-corrected chi connectivity index (χ3v) is 2.96. The van der Waals surface area contributed by atoms with Crippen LogP contribution in [0.25, 0.3) is 0 Å². The average Bonchev–Trinajstić information content (AvgIpc) is 2.33. The molecule has 0 atom stereocenters. The minimum absolute atomic E-state index is 0.0838. The van der Waals surface area contributed by atoms with E-state index in [0.29, 0.717) is 19.6 Å². The highest BCUT2D eigenvalue weighted by molar-refractivity contribution is 9.10. The fraction of sp³-hybridized carbons (Fsp3) is 0.357. The molecule has 0 aliphatic carbocycles. The number of rotatable bonds is 6. The third kappa shape index (κ3) is 4.92. The van der Waals surface area contributed by atoms with E-state index < -0.39 is 0 Å². The number of hydrogen-bond donors (Lipinski definition) is 1. The molecule has 1 rings (SSSR count). The minimum Gasteiger partial charge on any atom is -0.376 e. The van der Waals surface area contributed by atoms with Gasteiger partial charge in [-0.1, -0.05) is 34.1 Å². The van der Waals surface area contributed by atoms with Gasteiger partial charge in [0, 0.05) is 23.2 Å². The van der Waals surface area contributed by atoms with Crippen LogP contribution in [0.4, 0.5) is 5.69 Å². The lowest BCUT2D eigenvalue weighted by atomic mass is 10.3. The zero-order valence-electron chi connectivity index (χ0n) is 10.9. The van der Waals surface area contributed by atoms with Gasteiger partial charge in [0.25, 0.3) is 0 Å². The number of carbonyl (C=O) groups is 1. The summed E-state index contributed by atoms with van der Waals surface area (Å²) in [5, 5.41) is 3.12. The first-order valence-electron chi connectivity index (χ1n) is 5.94. The molecule has 98 valence electrons. The van der Waals surface area contributed by atoms with E-state index in [9.17, 15) is 4.79 Å². The summed E-state index contributed by atoms with van der Waals surface area (Å²) >= 11 is 3.40. The summed E-state index contributed by atoms with van der Waals surface area (Å²) in [5.74, 6) is 0.0838. The largest absolute Gasteiger partial charge is 0.376 e. The SMILES string of the molecule is C=C(C)CN(CC)C(=O)CNc1cccc(Br)c1. The Morgan fingerprint density at radius 3 is 2.78 bits per heavy atom. The molecule has 0 unspecified atom stereocenters. The van der Waals surface area contributed by atoms with E-state index in [1.54, 1.807) is 4.90 Å². The lowest BCUT2D eigenvalue weighted by Gasteiger charge is -2.21. The first-order chi connectivity index (χ1) is 8.52. The van der Waals surface area contributed by atoms with Gasteiger partial charge < -0.3 is 10.2 Å². The topological polar surface area (TPSA) is 32.3 Å². The first kappa shape index (κ1) is 14.8. The molecular formula is C14H19BrN2O. The maximum atomic E-state index is 12.0. The Morgan fingerprint density at radius 2 is 2.22 bits per heavy atom. The Labute approximate surface area is 117 Å². The zero-order chi connectivity index (χ0) is 13.5. The van der Waals surface area contributed by atoms with Gasteiger partial charge in [-0.15, -0.1) is 0 Å². The van der Waals surface area contributed by atoms with Gasteiger partial charge in [-0.05, 0) is 32.0 Å². The summed E-state index contributed by atoms with van der Waals surface area (Å²) in [6, 6.07) is 7.77. The molecule has 0 bridgehead atoms. The van der Waals surface area contributed by atoms with Crippen LogP contribution in [-0.2, 0) is 4.79 Å². The molecule has 0 aliphatic rings. The number of hydrogen-bond acceptors (Lipinski definition) is 2. The third-order valence-electron chi connectivity index (χ3n) is 2.46. The van der Waals surface area contributed by atoms with Crippen molar-refractivity contribution in [2.75, 3.05) is 25.0 Å². The molecule has 1 amide bonds. The van der Waals surface area contributed by atoms with Crippen LogP contribution in [0.3, 0.4) is 0 Å². The highest BCUT2D eigenvalue weighted by Crippen LogP contribution is 2.15. The second kappa shape index (κ2) is 7.21. The zero-order valence-corrected chi connectivity index (χ0v) is 12.5. The van der Waals surface area contributed by atoms with Gasteiger partial charge in [0.1, 0.15) is 0 Å². The highest BCUT2D eigenvalue weighted by atomic mass is 79.9. The van der Waals surface area contributed by atoms with E-state index in [-0.39, 0.29) is 5.91 Å². The first-order valence-corrected chi connectivity index (χ1v) is 6.73. The number of anilines is 1. The molecule has 1 aromatic carbocycles. The minimum atomic E-state index is 0.0838. The van der Waals surface area contributed by atoms with Crippen molar-refractivity contribution in [3.05, 3.63) is 40.9 Å². The van der Waals surface area contributed by atoms with E-state index in [0.717, 1.165) is 15.7 Å². The maximum absolute atomic E-state index is 12.0. The van der Waals surface area contributed by atoms with Crippen molar-refractivity contribution in [2.45, 2.75) is 13.8 Å². The molecular weight excluding hydrogens is 292 g/mol. The summed E-state index contributed by atoms with van der Waals surface area (Å²) in [6.45, 7) is 9.36. The van der Waals surface area contributed by atoms with Crippen LogP contribution in [0.15, 0.2) is 40.9 Å². The van der Waals surface area contributed by atoms with Crippen LogP contribution >= 0.6 is 15.9 Å². The van der Waals surface area contributed by atoms with Crippen molar-refractivity contribution >= 4 is 27.5 Å². The molecule has 0 fully saturated rings. The maximum Gasteiger partial charge on any atom is 0.242 e. The molecule has 0 aliphatic heterocycles. The fourth-order valence-electron chi connectivity index (χ4n) is 1.59. The van der Waals surface area contributed by atoms with Crippen LogP contribution in [-0.4, -0.2) is 30.4 Å². The number of nitrogens with zero attached hydrogens (tertiary/aromatic N) is 1. The van der Waals surface area contributed by atoms with E-state index in [4.69, 9.17) is 0 Å². The van der Waals surface area contributed by atoms with Gasteiger partial charge in [-0.2, -0.15) is 0 Å². The van der Waals surface area contributed by atoms with Gasteiger partial charge in [0.15, 0.2) is 0 Å². The van der Waals surface area contributed by atoms with E-state index in [1.807, 2.05) is 38.1 Å². The fourth-order valence-corrected chi connectivity index (χ4v) is 1.99. The Bertz CT molecular complexity index is 432. The lowest BCUT2D eigenvalue weighted by Crippen LogP contribution is -2.36. The van der Waals surface area contributed by atoms with Crippen molar-refractivity contribution in [1.82, 2.24) is 4.90 Å². The average molecular weight is 311 g/mol. The number of amides is 1. The molecule has 0 spiro atoms. The number of halogens is 1. The van der Waals surface area contributed by atoms with Gasteiger partial charge in [0.05, 0.1) is 6.54 Å². The molecule has 0 radical (unpaired) electrons. The van der Waals surface area contributed by atoms with E-state index >= 15 is 0 Å². The number of benzene rings is 1. The lowest BCUT2D eigenvalue weighted by molar-refractivity contribution is -0.128. The number of nitrogens with one attached hydrogen (secondary N) is 1. The molecule has 18 heavy (non-hydrogen) atoms. The molecule has 1 aromatic rings. The van der Waals surface area contributed by atoms with Crippen molar-refractivity contribution in [3.8, 4) is 0 Å². The van der Waals surface area contributed by atoms with E-state index in [2.05, 4.69) is 27.8 Å². The van der Waals surface area contributed by atoms with Crippen molar-refractivity contribution in [3.63, 3.8) is 0 Å². The summed E-state index contributed by atoms with van der Waals surface area (Å²) < 4.78 is 0.995. The van der Waals surface area contributed by atoms with Crippen LogP contribution in [0.5, 0.6) is 0 Å². The highest BCUT2D eigenvalue weighted by Gasteiger charge is 2.10. The Kier molecular flexibility index (Phi) is 5.92. The van der Waals surface area contributed by atoms with Crippen LogP contribution in [0.1, 0.15) is 13.8 Å². The Hall–Kier alpha value is -1.29. The number of likely N-dealkylation sites (N-methyl/N-ethyl adjacent to an activating group) is 1. The number of carbonyl (C=O) groups excluding carboxylic acids is 1. The summed E-state index contributed by atoms with van der Waals surface area (Å²) in [7, 11) is 0. The second-order valence-electron chi connectivity index (χ2n) is 4.23. The summed E-state index contributed by atoms with van der Waals surface area (Å²) in [5.41, 5.74) is 1.93. The molecule has 4 heteroatoms. The predicted octanol–water partition coefficient (Wildman–Crippen LogP) is 3.29. The molecule has 0 saturated heterocycles. The van der Waals surface area contributed by atoms with Crippen LogP contribution in [0, 0.1) is 0 Å². The second-order valence-corrected chi connectivity index (χ2v) is 5.14. The molecule has 1 N–H and O–H groups in total. The molecule has 0 aromatic heterocycles. The van der Waals surface area contributed by atoms with Crippen molar-refractivity contribution < 1.29 is 4.79 Å². The summed E-state index contributed by atoms with van der Waals surface area (Å²) in [4.78, 5) is 13.8. The normalized spacial score (nSPS) is 9.94. The molecule has 0 saturated carbocycles. The predicted molar refractivity (Wildman–Crippen MR) is 79.7 cm³/mol. The van der Waals surface area contributed by atoms with Gasteiger partial charge >= 0.3 is 0 Å². The van der Waals surface area contributed by atoms with Crippen molar-refractivity contribution in [2.24, 2.45) is 0 Å². The van der Waals surface area contributed by atoms with Gasteiger partial charge in [0.2, 0.25) is 5.91 Å². The van der Waals surface area contributed by atoms with Gasteiger partial charge in [-0.25, -0.2) is 0 Å². The molecule has 3 nitrogen and oxygen atoms in total. The van der Waals surface area contributed by atoms with E-state index in [1.165, 1.54) is 0 Å². The molecule has 0 heterocycles. The standard InChI is InChI=1S/C14H19BrN2O/c1-4-17(10-11(2)3)14(18)9-16-13-7-5-6-12(15)8-13/h5-8,16H,2,4,9-10H2,1,3H3. The van der Waals surface area contributed by atoms with Gasteiger partial charge in [-0.3, -0.25) is 4.79 Å². The monoisotopic (exact) mass is 310 g/mol. The Morgan fingerprint density at radius 1 is 1.50 bits per heavy atom. The summed E-state index contributed by atoms with van der Waals surface area (Å²) in [6.07, 6.45) is 0. The Balaban J connectivity index is 2.51. The smallest absolute Gasteiger partial charge is 0.242 e.